The highest BCUT2D eigenvalue weighted by Crippen LogP contribution is 2.08. The number of rotatable bonds is 3. The van der Waals surface area contributed by atoms with Crippen LogP contribution in [-0.2, 0) is 11.5 Å². The summed E-state index contributed by atoms with van der Waals surface area (Å²) in [7, 11) is 0. The summed E-state index contributed by atoms with van der Waals surface area (Å²) in [5.74, 6) is 0.317. The smallest absolute Gasteiger partial charge is 0.298 e. The van der Waals surface area contributed by atoms with Gasteiger partial charge in [-0.05, 0) is 12.1 Å². The van der Waals surface area contributed by atoms with Crippen molar-refractivity contribution >= 4 is 6.47 Å². The average Bonchev–Trinajstić information content (AvgIpc) is 2.07. The van der Waals surface area contributed by atoms with Gasteiger partial charge in [0.05, 0.1) is 11.9 Å². The molecule has 0 unspecified atom stereocenters. The molecule has 1 heterocycles. The van der Waals surface area contributed by atoms with Gasteiger partial charge in [-0.1, -0.05) is 0 Å². The summed E-state index contributed by atoms with van der Waals surface area (Å²) in [4.78, 5) is 13.5. The molecule has 3 nitrogen and oxygen atoms in total. The third-order valence-electron chi connectivity index (χ3n) is 1.12. The minimum Gasteiger partial charge on any atom is -0.427 e. The molecule has 58 valence electrons. The maximum Gasteiger partial charge on any atom is 0.298 e. The first-order valence-corrected chi connectivity index (χ1v) is 2.98. The molecule has 0 aliphatic heterocycles. The van der Waals surface area contributed by atoms with E-state index in [1.807, 2.05) is 0 Å². The van der Waals surface area contributed by atoms with Crippen LogP contribution in [0.3, 0.4) is 0 Å². The van der Waals surface area contributed by atoms with Crippen LogP contribution >= 0.6 is 0 Å². The molecule has 1 aromatic heterocycles. The molecule has 11 heavy (non-hydrogen) atoms. The number of carbonyl (C=O) groups is 1. The molecule has 0 radical (unpaired) electrons. The molecular weight excluding hydrogens is 149 g/mol. The Morgan fingerprint density at radius 1 is 1.64 bits per heavy atom. The SMILES string of the molecule is O=COc1ccc(CF)nc1. The van der Waals surface area contributed by atoms with Crippen LogP contribution in [-0.4, -0.2) is 11.5 Å². The van der Waals surface area contributed by atoms with Crippen LogP contribution in [0.15, 0.2) is 18.3 Å². The number of alkyl halides is 1. The van der Waals surface area contributed by atoms with Gasteiger partial charge in [-0.15, -0.1) is 0 Å². The van der Waals surface area contributed by atoms with E-state index in [1.54, 1.807) is 0 Å². The lowest BCUT2D eigenvalue weighted by atomic mass is 10.4. The molecule has 0 bridgehead atoms. The zero-order chi connectivity index (χ0) is 8.10. The van der Waals surface area contributed by atoms with Gasteiger partial charge in [-0.3, -0.25) is 9.78 Å². The van der Waals surface area contributed by atoms with Gasteiger partial charge in [-0.2, -0.15) is 0 Å². The van der Waals surface area contributed by atoms with Crippen LogP contribution in [0.25, 0.3) is 0 Å². The maximum atomic E-state index is 11.9. The molecule has 0 saturated carbocycles. The molecule has 4 heteroatoms. The van der Waals surface area contributed by atoms with Crippen molar-refractivity contribution in [2.45, 2.75) is 6.67 Å². The topological polar surface area (TPSA) is 39.2 Å². The van der Waals surface area contributed by atoms with Crippen molar-refractivity contribution in [3.05, 3.63) is 24.0 Å². The Morgan fingerprint density at radius 2 is 2.45 bits per heavy atom. The van der Waals surface area contributed by atoms with Crippen LogP contribution in [0.5, 0.6) is 5.75 Å². The summed E-state index contributed by atoms with van der Waals surface area (Å²) >= 11 is 0. The number of pyridine rings is 1. The minimum absolute atomic E-state index is 0.298. The predicted molar refractivity (Wildman–Crippen MR) is 35.7 cm³/mol. The number of hydrogen-bond donors (Lipinski definition) is 0. The van der Waals surface area contributed by atoms with E-state index >= 15 is 0 Å². The van der Waals surface area contributed by atoms with Crippen LogP contribution in [0.2, 0.25) is 0 Å². The lowest BCUT2D eigenvalue weighted by Crippen LogP contribution is -1.90. The number of hydrogen-bond acceptors (Lipinski definition) is 3. The van der Waals surface area contributed by atoms with Crippen LogP contribution in [0, 0.1) is 0 Å². The van der Waals surface area contributed by atoms with E-state index in [2.05, 4.69) is 9.72 Å². The number of carbonyl (C=O) groups excluding carboxylic acids is 1. The largest absolute Gasteiger partial charge is 0.427 e. The second kappa shape index (κ2) is 3.65. The third kappa shape index (κ3) is 2.00. The molecule has 0 fully saturated rings. The van der Waals surface area contributed by atoms with Crippen molar-refractivity contribution in [1.29, 1.82) is 0 Å². The molecule has 0 atom stereocenters. The first kappa shape index (κ1) is 7.65. The number of aromatic nitrogens is 1. The number of nitrogens with zero attached hydrogens (tertiary/aromatic N) is 1. The Balaban J connectivity index is 2.74. The first-order valence-electron chi connectivity index (χ1n) is 2.98. The van der Waals surface area contributed by atoms with Gasteiger partial charge in [0, 0.05) is 0 Å². The molecule has 0 saturated heterocycles. The standard InChI is InChI=1S/C7H6FNO2/c8-3-6-1-2-7(4-9-6)11-5-10/h1-2,4-5H,3H2. The quantitative estimate of drug-likeness (QED) is 0.613. The zero-order valence-corrected chi connectivity index (χ0v) is 5.66. The molecule has 1 rings (SSSR count). The summed E-state index contributed by atoms with van der Waals surface area (Å²) < 4.78 is 16.3. The highest BCUT2D eigenvalue weighted by atomic mass is 19.1. The molecule has 0 spiro atoms. The summed E-state index contributed by atoms with van der Waals surface area (Å²) in [6, 6.07) is 2.94. The third-order valence-corrected chi connectivity index (χ3v) is 1.12. The van der Waals surface area contributed by atoms with Crippen molar-refractivity contribution < 1.29 is 13.9 Å². The van der Waals surface area contributed by atoms with Crippen molar-refractivity contribution in [2.24, 2.45) is 0 Å². The van der Waals surface area contributed by atoms with Crippen molar-refractivity contribution in [1.82, 2.24) is 4.98 Å². The Morgan fingerprint density at radius 3 is 2.91 bits per heavy atom. The minimum atomic E-state index is -0.610. The van der Waals surface area contributed by atoms with Crippen LogP contribution < -0.4 is 4.74 Å². The van der Waals surface area contributed by atoms with Gasteiger partial charge in [-0.25, -0.2) is 4.39 Å². The van der Waals surface area contributed by atoms with Gasteiger partial charge in [0.2, 0.25) is 0 Å². The zero-order valence-electron chi connectivity index (χ0n) is 5.66. The van der Waals surface area contributed by atoms with E-state index < -0.39 is 6.67 Å². The van der Waals surface area contributed by atoms with E-state index in [1.165, 1.54) is 18.3 Å². The second-order valence-corrected chi connectivity index (χ2v) is 1.83. The van der Waals surface area contributed by atoms with E-state index in [9.17, 15) is 9.18 Å². The number of ether oxygens (including phenoxy) is 1. The molecular formula is C7H6FNO2. The van der Waals surface area contributed by atoms with Gasteiger partial charge < -0.3 is 4.74 Å². The summed E-state index contributed by atoms with van der Waals surface area (Å²) in [5, 5.41) is 0. The monoisotopic (exact) mass is 155 g/mol. The Hall–Kier alpha value is -1.45. The van der Waals surface area contributed by atoms with Crippen LogP contribution in [0.1, 0.15) is 5.69 Å². The van der Waals surface area contributed by atoms with Crippen molar-refractivity contribution in [3.63, 3.8) is 0 Å². The van der Waals surface area contributed by atoms with Gasteiger partial charge in [0.25, 0.3) is 6.47 Å². The summed E-state index contributed by atoms with van der Waals surface area (Å²) in [6.45, 7) is -0.312. The second-order valence-electron chi connectivity index (χ2n) is 1.83. The summed E-state index contributed by atoms with van der Waals surface area (Å²) in [6.07, 6.45) is 1.29. The van der Waals surface area contributed by atoms with E-state index in [-0.39, 0.29) is 0 Å². The van der Waals surface area contributed by atoms with Crippen LogP contribution in [0.4, 0.5) is 4.39 Å². The average molecular weight is 155 g/mol. The lowest BCUT2D eigenvalue weighted by molar-refractivity contribution is -0.120. The molecule has 1 aromatic rings. The fourth-order valence-corrected chi connectivity index (χ4v) is 0.615. The molecule has 0 N–H and O–H groups in total. The summed E-state index contributed by atoms with van der Waals surface area (Å²) in [5.41, 5.74) is 0.322. The molecule has 0 amide bonds. The van der Waals surface area contributed by atoms with Gasteiger partial charge in [0.1, 0.15) is 12.4 Å². The fraction of sp³-hybridized carbons (Fsp3) is 0.143. The Kier molecular flexibility index (Phi) is 2.54. The van der Waals surface area contributed by atoms with E-state index in [0.717, 1.165) is 0 Å². The van der Waals surface area contributed by atoms with Crippen molar-refractivity contribution in [2.75, 3.05) is 0 Å². The first-order chi connectivity index (χ1) is 5.36. The Labute approximate surface area is 62.8 Å². The molecule has 0 aliphatic carbocycles. The van der Waals surface area contributed by atoms with E-state index in [4.69, 9.17) is 0 Å². The Bertz CT molecular complexity index is 235. The maximum absolute atomic E-state index is 11.9. The van der Waals surface area contributed by atoms with E-state index in [0.29, 0.717) is 17.9 Å². The predicted octanol–water partition coefficient (Wildman–Crippen LogP) is 1.09. The molecule has 0 aliphatic rings. The van der Waals surface area contributed by atoms with Crippen molar-refractivity contribution in [3.8, 4) is 5.75 Å². The van der Waals surface area contributed by atoms with Gasteiger partial charge in [0.15, 0.2) is 0 Å². The normalized spacial score (nSPS) is 9.18. The molecule has 0 aromatic carbocycles. The highest BCUT2D eigenvalue weighted by molar-refractivity contribution is 5.44. The number of halogens is 1. The fourth-order valence-electron chi connectivity index (χ4n) is 0.615. The highest BCUT2D eigenvalue weighted by Gasteiger charge is 1.94. The van der Waals surface area contributed by atoms with Gasteiger partial charge >= 0.3 is 0 Å². The lowest BCUT2D eigenvalue weighted by Gasteiger charge is -1.96.